The summed E-state index contributed by atoms with van der Waals surface area (Å²) in [5, 5.41) is 4.09. The zero-order chi connectivity index (χ0) is 17.8. The van der Waals surface area contributed by atoms with Gasteiger partial charge in [0.05, 0.1) is 19.6 Å². The Hall–Kier alpha value is -2.25. The molecule has 7 nitrogen and oxygen atoms in total. The number of amides is 1. The third kappa shape index (κ3) is 2.62. The summed E-state index contributed by atoms with van der Waals surface area (Å²) in [5.74, 6) is 0.644. The Kier molecular flexibility index (Phi) is 3.45. The fraction of sp³-hybridized carbons (Fsp3) is 0.667. The number of alkyl halides is 1. The SMILES string of the molecule is O=C(C1=NO[C@@]2(CCCN(c3ncccn3)C2)C1)N1CC(F)(C2CC2)C1. The van der Waals surface area contributed by atoms with Crippen LogP contribution in [0.15, 0.2) is 23.6 Å². The van der Waals surface area contributed by atoms with E-state index in [9.17, 15) is 9.18 Å². The molecule has 0 N–H and O–H groups in total. The number of hydrogen-bond acceptors (Lipinski definition) is 6. The van der Waals surface area contributed by atoms with Gasteiger partial charge in [-0.05, 0) is 37.7 Å². The molecule has 3 fully saturated rings. The van der Waals surface area contributed by atoms with Gasteiger partial charge in [0, 0.05) is 25.4 Å². The monoisotopic (exact) mass is 359 g/mol. The minimum Gasteiger partial charge on any atom is -0.386 e. The van der Waals surface area contributed by atoms with Crippen molar-refractivity contribution in [3.8, 4) is 0 Å². The summed E-state index contributed by atoms with van der Waals surface area (Å²) in [5.41, 5.74) is -1.25. The summed E-state index contributed by atoms with van der Waals surface area (Å²) in [6.07, 6.45) is 7.57. The average Bonchev–Trinajstić information content (AvgIpc) is 3.42. The second kappa shape index (κ2) is 5.62. The molecule has 1 aliphatic carbocycles. The number of carbonyl (C=O) groups is 1. The minimum absolute atomic E-state index is 0.150. The van der Waals surface area contributed by atoms with E-state index in [2.05, 4.69) is 20.0 Å². The lowest BCUT2D eigenvalue weighted by molar-refractivity contribution is -0.139. The zero-order valence-corrected chi connectivity index (χ0v) is 14.6. The number of piperidine rings is 1. The minimum atomic E-state index is -1.17. The maximum atomic E-state index is 14.5. The molecular weight excluding hydrogens is 337 g/mol. The van der Waals surface area contributed by atoms with Gasteiger partial charge in [0.1, 0.15) is 11.4 Å². The van der Waals surface area contributed by atoms with Crippen LogP contribution in [-0.4, -0.2) is 63.9 Å². The van der Waals surface area contributed by atoms with Gasteiger partial charge in [-0.15, -0.1) is 0 Å². The molecule has 26 heavy (non-hydrogen) atoms. The number of rotatable bonds is 3. The predicted molar refractivity (Wildman–Crippen MR) is 92.5 cm³/mol. The summed E-state index contributed by atoms with van der Waals surface area (Å²) in [4.78, 5) is 30.7. The second-order valence-corrected chi connectivity index (χ2v) is 8.03. The van der Waals surface area contributed by atoms with E-state index in [0.717, 1.165) is 32.2 Å². The van der Waals surface area contributed by atoms with Gasteiger partial charge in [-0.3, -0.25) is 4.79 Å². The van der Waals surface area contributed by atoms with Crippen LogP contribution in [0.4, 0.5) is 10.3 Å². The fourth-order valence-electron chi connectivity index (χ4n) is 4.35. The molecular formula is C18H22FN5O2. The van der Waals surface area contributed by atoms with E-state index in [0.29, 0.717) is 24.6 Å². The van der Waals surface area contributed by atoms with E-state index in [4.69, 9.17) is 4.84 Å². The summed E-state index contributed by atoms with van der Waals surface area (Å²) < 4.78 is 14.5. The number of likely N-dealkylation sites (tertiary alicyclic amines) is 1. The lowest BCUT2D eigenvalue weighted by Crippen LogP contribution is -2.63. The number of anilines is 1. The summed E-state index contributed by atoms with van der Waals surface area (Å²) in [6.45, 7) is 1.86. The van der Waals surface area contributed by atoms with Crippen LogP contribution in [0.3, 0.4) is 0 Å². The van der Waals surface area contributed by atoms with Crippen LogP contribution in [0.5, 0.6) is 0 Å². The van der Waals surface area contributed by atoms with Gasteiger partial charge < -0.3 is 14.6 Å². The van der Waals surface area contributed by atoms with Crippen LogP contribution >= 0.6 is 0 Å². The Morgan fingerprint density at radius 1 is 1.23 bits per heavy atom. The molecule has 8 heteroatoms. The van der Waals surface area contributed by atoms with Crippen LogP contribution in [0, 0.1) is 5.92 Å². The van der Waals surface area contributed by atoms with Crippen molar-refractivity contribution in [2.75, 3.05) is 31.1 Å². The van der Waals surface area contributed by atoms with Gasteiger partial charge in [0.2, 0.25) is 5.95 Å². The van der Waals surface area contributed by atoms with Crippen LogP contribution in [0.1, 0.15) is 32.1 Å². The molecule has 1 amide bonds. The molecule has 5 rings (SSSR count). The quantitative estimate of drug-likeness (QED) is 0.819. The molecule has 0 aromatic carbocycles. The molecule has 0 unspecified atom stereocenters. The number of aromatic nitrogens is 2. The molecule has 1 spiro atoms. The molecule has 1 saturated carbocycles. The van der Waals surface area contributed by atoms with Crippen LogP contribution < -0.4 is 4.90 Å². The first-order valence-corrected chi connectivity index (χ1v) is 9.32. The van der Waals surface area contributed by atoms with Crippen molar-refractivity contribution in [2.24, 2.45) is 11.1 Å². The van der Waals surface area contributed by atoms with Crippen LogP contribution in [0.2, 0.25) is 0 Å². The Balaban J connectivity index is 1.23. The third-order valence-electron chi connectivity index (χ3n) is 5.96. The van der Waals surface area contributed by atoms with E-state index in [-0.39, 0.29) is 24.9 Å². The largest absolute Gasteiger partial charge is 0.386 e. The lowest BCUT2D eigenvalue weighted by Gasteiger charge is -2.44. The first-order chi connectivity index (χ1) is 12.6. The topological polar surface area (TPSA) is 70.9 Å². The van der Waals surface area contributed by atoms with Gasteiger partial charge in [-0.25, -0.2) is 14.4 Å². The molecule has 4 aliphatic rings. The smallest absolute Gasteiger partial charge is 0.272 e. The van der Waals surface area contributed by atoms with Crippen molar-refractivity contribution in [3.05, 3.63) is 18.5 Å². The van der Waals surface area contributed by atoms with Gasteiger partial charge in [-0.1, -0.05) is 5.16 Å². The fourth-order valence-corrected chi connectivity index (χ4v) is 4.35. The van der Waals surface area contributed by atoms with Crippen LogP contribution in [-0.2, 0) is 9.63 Å². The van der Waals surface area contributed by atoms with Crippen LogP contribution in [0.25, 0.3) is 0 Å². The molecule has 0 bridgehead atoms. The molecule has 2 saturated heterocycles. The van der Waals surface area contributed by atoms with E-state index in [1.54, 1.807) is 23.4 Å². The van der Waals surface area contributed by atoms with E-state index in [1.807, 2.05) is 0 Å². The predicted octanol–water partition coefficient (Wildman–Crippen LogP) is 1.55. The normalized spacial score (nSPS) is 30.0. The molecule has 1 atom stereocenters. The molecule has 138 valence electrons. The number of halogens is 1. The standard InChI is InChI=1S/C18H22FN5O2/c19-18(13-3-4-13)11-24(12-18)15(25)14-9-17(26-22-14)5-1-8-23(10-17)16-20-6-2-7-21-16/h2,6-7,13H,1,3-5,8-12H2/t17-/m0/s1. The lowest BCUT2D eigenvalue weighted by atomic mass is 9.86. The Labute approximate surface area is 151 Å². The highest BCUT2D eigenvalue weighted by molar-refractivity contribution is 6.39. The Bertz CT molecular complexity index is 747. The maximum absolute atomic E-state index is 14.5. The first kappa shape index (κ1) is 16.0. The molecule has 0 radical (unpaired) electrons. The molecule has 4 heterocycles. The van der Waals surface area contributed by atoms with Crippen molar-refractivity contribution in [1.29, 1.82) is 0 Å². The van der Waals surface area contributed by atoms with E-state index < -0.39 is 11.3 Å². The van der Waals surface area contributed by atoms with Crippen molar-refractivity contribution in [2.45, 2.75) is 43.4 Å². The van der Waals surface area contributed by atoms with Crippen molar-refractivity contribution >= 4 is 17.6 Å². The third-order valence-corrected chi connectivity index (χ3v) is 5.96. The molecule has 3 aliphatic heterocycles. The summed E-state index contributed by atoms with van der Waals surface area (Å²) in [6, 6.07) is 1.79. The van der Waals surface area contributed by atoms with Crippen molar-refractivity contribution < 1.29 is 14.0 Å². The van der Waals surface area contributed by atoms with E-state index >= 15 is 0 Å². The van der Waals surface area contributed by atoms with Gasteiger partial charge in [0.25, 0.3) is 5.91 Å². The van der Waals surface area contributed by atoms with Gasteiger partial charge in [-0.2, -0.15) is 0 Å². The van der Waals surface area contributed by atoms with Gasteiger partial charge >= 0.3 is 0 Å². The first-order valence-electron chi connectivity index (χ1n) is 9.32. The summed E-state index contributed by atoms with van der Waals surface area (Å²) in [7, 11) is 0. The highest BCUT2D eigenvalue weighted by Crippen LogP contribution is 2.47. The Morgan fingerprint density at radius 2 is 2.00 bits per heavy atom. The van der Waals surface area contributed by atoms with Crippen molar-refractivity contribution in [3.63, 3.8) is 0 Å². The summed E-state index contributed by atoms with van der Waals surface area (Å²) >= 11 is 0. The number of hydrogen-bond donors (Lipinski definition) is 0. The zero-order valence-electron chi connectivity index (χ0n) is 14.6. The highest BCUT2D eigenvalue weighted by Gasteiger charge is 2.56. The number of oxime groups is 1. The second-order valence-electron chi connectivity index (χ2n) is 8.03. The molecule has 1 aromatic rings. The molecule has 1 aromatic heterocycles. The Morgan fingerprint density at radius 3 is 2.73 bits per heavy atom. The maximum Gasteiger partial charge on any atom is 0.272 e. The number of nitrogens with zero attached hydrogens (tertiary/aromatic N) is 5. The van der Waals surface area contributed by atoms with Gasteiger partial charge in [0.15, 0.2) is 5.60 Å². The van der Waals surface area contributed by atoms with Crippen molar-refractivity contribution in [1.82, 2.24) is 14.9 Å². The highest BCUT2D eigenvalue weighted by atomic mass is 19.1. The number of carbonyl (C=O) groups excluding carboxylic acids is 1. The average molecular weight is 359 g/mol. The van der Waals surface area contributed by atoms with E-state index in [1.165, 1.54) is 0 Å².